The van der Waals surface area contributed by atoms with Crippen molar-refractivity contribution in [2.75, 3.05) is 0 Å². The maximum Gasteiger partial charge on any atom is 0.119 e. The van der Waals surface area contributed by atoms with Crippen molar-refractivity contribution in [1.29, 1.82) is 0 Å². The van der Waals surface area contributed by atoms with Crippen LogP contribution in [0.3, 0.4) is 0 Å². The first kappa shape index (κ1) is 9.06. The third kappa shape index (κ3) is 2.20. The van der Waals surface area contributed by atoms with Crippen molar-refractivity contribution >= 4 is 32.8 Å². The zero-order valence-corrected chi connectivity index (χ0v) is 9.13. The molecule has 0 unspecified atom stereocenters. The minimum atomic E-state index is 0.398. The van der Waals surface area contributed by atoms with Crippen LogP contribution < -0.4 is 0 Å². The van der Waals surface area contributed by atoms with Gasteiger partial charge >= 0.3 is 0 Å². The highest BCUT2D eigenvalue weighted by atomic mass is 127. The minimum absolute atomic E-state index is 0.398. The van der Waals surface area contributed by atoms with E-state index in [-0.39, 0.29) is 0 Å². The van der Waals surface area contributed by atoms with E-state index >= 15 is 0 Å². The van der Waals surface area contributed by atoms with Crippen molar-refractivity contribution in [3.8, 4) is 5.75 Å². The van der Waals surface area contributed by atoms with Gasteiger partial charge in [-0.2, -0.15) is 0 Å². The van der Waals surface area contributed by atoms with E-state index in [4.69, 9.17) is 0 Å². The van der Waals surface area contributed by atoms with Crippen LogP contribution in [0, 0.1) is 3.57 Å². The Morgan fingerprint density at radius 2 is 2.18 bits per heavy atom. The van der Waals surface area contributed by atoms with E-state index in [9.17, 15) is 5.11 Å². The lowest BCUT2D eigenvalue weighted by Gasteiger charge is -2.04. The fourth-order valence-electron chi connectivity index (χ4n) is 0.920. The van der Waals surface area contributed by atoms with Gasteiger partial charge in [0, 0.05) is 19.4 Å². The zero-order valence-electron chi connectivity index (χ0n) is 5.97. The Balaban J connectivity index is 3.00. The fourth-order valence-corrected chi connectivity index (χ4v) is 1.92. The first-order valence-electron chi connectivity index (χ1n) is 3.36. The predicted molar refractivity (Wildman–Crippen MR) is 55.1 cm³/mol. The molecule has 1 rings (SSSR count). The normalized spacial score (nSPS) is 10.0. The third-order valence-corrected chi connectivity index (χ3v) is 2.73. The standard InChI is InChI=1S/C8H8IOSi/c9-7-2-1-3-8(10)6(7)4-5-11/h1-3,10H,4-5H2. The van der Waals surface area contributed by atoms with Gasteiger partial charge in [-0.1, -0.05) is 12.1 Å². The summed E-state index contributed by atoms with van der Waals surface area (Å²) in [5, 5.41) is 9.40. The van der Waals surface area contributed by atoms with Gasteiger partial charge in [0.25, 0.3) is 0 Å². The number of phenols is 1. The zero-order chi connectivity index (χ0) is 8.27. The maximum absolute atomic E-state index is 9.40. The quantitative estimate of drug-likeness (QED) is 0.647. The average Bonchev–Trinajstić information content (AvgIpc) is 1.97. The number of rotatable bonds is 2. The predicted octanol–water partition coefficient (Wildman–Crippen LogP) is 2.13. The molecule has 0 bridgehead atoms. The molecule has 11 heavy (non-hydrogen) atoms. The van der Waals surface area contributed by atoms with Gasteiger partial charge in [0.05, 0.1) is 0 Å². The number of hydrogen-bond donors (Lipinski definition) is 1. The van der Waals surface area contributed by atoms with E-state index in [2.05, 4.69) is 32.8 Å². The highest BCUT2D eigenvalue weighted by molar-refractivity contribution is 14.1. The van der Waals surface area contributed by atoms with Crippen LogP contribution in [0.15, 0.2) is 18.2 Å². The number of aromatic hydroxyl groups is 1. The van der Waals surface area contributed by atoms with E-state index < -0.39 is 0 Å². The number of benzene rings is 1. The van der Waals surface area contributed by atoms with Crippen LogP contribution in [0.1, 0.15) is 5.56 Å². The van der Waals surface area contributed by atoms with Crippen LogP contribution in [-0.2, 0) is 6.42 Å². The van der Waals surface area contributed by atoms with E-state index in [1.807, 2.05) is 12.1 Å². The second kappa shape index (κ2) is 4.11. The van der Waals surface area contributed by atoms with Crippen molar-refractivity contribution in [3.05, 3.63) is 27.3 Å². The first-order valence-corrected chi connectivity index (χ1v) is 5.15. The average molecular weight is 275 g/mol. The van der Waals surface area contributed by atoms with E-state index in [1.54, 1.807) is 6.07 Å². The SMILES string of the molecule is Oc1cccc(I)c1CC[Si]. The van der Waals surface area contributed by atoms with Gasteiger partial charge < -0.3 is 5.11 Å². The Morgan fingerprint density at radius 3 is 2.73 bits per heavy atom. The molecule has 0 spiro atoms. The largest absolute Gasteiger partial charge is 0.508 e. The van der Waals surface area contributed by atoms with E-state index in [0.717, 1.165) is 21.6 Å². The van der Waals surface area contributed by atoms with Crippen LogP contribution in [0.25, 0.3) is 0 Å². The first-order chi connectivity index (χ1) is 5.25. The molecule has 0 saturated heterocycles. The summed E-state index contributed by atoms with van der Waals surface area (Å²) in [6.07, 6.45) is 0.877. The molecule has 0 heterocycles. The van der Waals surface area contributed by atoms with Gasteiger partial charge in [-0.15, -0.1) is 0 Å². The summed E-state index contributed by atoms with van der Waals surface area (Å²) < 4.78 is 1.13. The smallest absolute Gasteiger partial charge is 0.119 e. The molecule has 1 N–H and O–H groups in total. The maximum atomic E-state index is 9.40. The molecule has 0 aliphatic rings. The van der Waals surface area contributed by atoms with Gasteiger partial charge in [0.1, 0.15) is 5.75 Å². The van der Waals surface area contributed by atoms with Crippen LogP contribution >= 0.6 is 22.6 Å². The third-order valence-electron chi connectivity index (χ3n) is 1.47. The van der Waals surface area contributed by atoms with Gasteiger partial charge in [0.15, 0.2) is 0 Å². The van der Waals surface area contributed by atoms with Gasteiger partial charge in [-0.05, 0) is 41.1 Å². The monoisotopic (exact) mass is 275 g/mol. The molecule has 0 aromatic heterocycles. The Labute approximate surface area is 83.4 Å². The second-order valence-corrected chi connectivity index (χ2v) is 3.90. The Bertz CT molecular complexity index is 230. The van der Waals surface area contributed by atoms with Crippen LogP contribution in [0.4, 0.5) is 0 Å². The summed E-state index contributed by atoms with van der Waals surface area (Å²) in [7, 11) is 3.39. The van der Waals surface area contributed by atoms with E-state index in [1.165, 1.54) is 0 Å². The van der Waals surface area contributed by atoms with Gasteiger partial charge in [-0.25, -0.2) is 0 Å². The molecule has 0 atom stereocenters. The van der Waals surface area contributed by atoms with Crippen molar-refractivity contribution in [3.63, 3.8) is 0 Å². The lowest BCUT2D eigenvalue weighted by Crippen LogP contribution is -1.88. The molecular weight excluding hydrogens is 267 g/mol. The number of hydrogen-bond acceptors (Lipinski definition) is 1. The molecule has 0 aliphatic carbocycles. The van der Waals surface area contributed by atoms with Crippen LogP contribution in [0.2, 0.25) is 6.04 Å². The van der Waals surface area contributed by atoms with Crippen molar-refractivity contribution < 1.29 is 5.11 Å². The molecule has 3 radical (unpaired) electrons. The van der Waals surface area contributed by atoms with Crippen molar-refractivity contribution in [1.82, 2.24) is 0 Å². The highest BCUT2D eigenvalue weighted by Crippen LogP contribution is 2.23. The Hall–Kier alpha value is -0.0331. The summed E-state index contributed by atoms with van der Waals surface area (Å²) in [5.41, 5.74) is 1.03. The van der Waals surface area contributed by atoms with Gasteiger partial charge in [0.2, 0.25) is 0 Å². The number of phenolic OH excluding ortho intramolecular Hbond substituents is 1. The van der Waals surface area contributed by atoms with E-state index in [0.29, 0.717) is 5.75 Å². The summed E-state index contributed by atoms with van der Waals surface area (Å²) >= 11 is 2.23. The van der Waals surface area contributed by atoms with Crippen LogP contribution in [0.5, 0.6) is 5.75 Å². The van der Waals surface area contributed by atoms with Crippen molar-refractivity contribution in [2.45, 2.75) is 12.5 Å². The molecule has 3 heteroatoms. The molecule has 0 aliphatic heterocycles. The molecule has 1 aromatic carbocycles. The van der Waals surface area contributed by atoms with Crippen molar-refractivity contribution in [2.24, 2.45) is 0 Å². The fraction of sp³-hybridized carbons (Fsp3) is 0.250. The topological polar surface area (TPSA) is 20.2 Å². The molecule has 0 saturated carbocycles. The highest BCUT2D eigenvalue weighted by Gasteiger charge is 2.02. The lowest BCUT2D eigenvalue weighted by molar-refractivity contribution is 0.468. The van der Waals surface area contributed by atoms with Crippen LogP contribution in [-0.4, -0.2) is 15.3 Å². The summed E-state index contributed by atoms with van der Waals surface area (Å²) in [4.78, 5) is 0. The van der Waals surface area contributed by atoms with Gasteiger partial charge in [-0.3, -0.25) is 0 Å². The summed E-state index contributed by atoms with van der Waals surface area (Å²) in [6.45, 7) is 0. The molecule has 0 fully saturated rings. The molecule has 1 aromatic rings. The molecule has 1 nitrogen and oxygen atoms in total. The molecule has 0 amide bonds. The summed E-state index contributed by atoms with van der Waals surface area (Å²) in [5.74, 6) is 0.398. The minimum Gasteiger partial charge on any atom is -0.508 e. The number of halogens is 1. The summed E-state index contributed by atoms with van der Waals surface area (Å²) in [6, 6.07) is 6.46. The Kier molecular flexibility index (Phi) is 3.38. The second-order valence-electron chi connectivity index (χ2n) is 2.24. The molecular formula is C8H8IOSi. The molecule has 57 valence electrons. The lowest BCUT2D eigenvalue weighted by atomic mass is 10.1. The Morgan fingerprint density at radius 1 is 1.45 bits per heavy atom.